The topological polar surface area (TPSA) is 62.7 Å². The van der Waals surface area contributed by atoms with Crippen molar-refractivity contribution >= 4 is 34.0 Å². The first-order valence-electron chi connectivity index (χ1n) is 4.66. The molecular weight excluding hydrogens is 252 g/mol. The fourth-order valence-corrected chi connectivity index (χ4v) is 2.24. The molecular formula is C9H13ClN2O3S. The van der Waals surface area contributed by atoms with Crippen molar-refractivity contribution in [2.45, 2.75) is 6.42 Å². The van der Waals surface area contributed by atoms with Gasteiger partial charge < -0.3 is 14.7 Å². The molecule has 0 aliphatic carbocycles. The van der Waals surface area contributed by atoms with Crippen molar-refractivity contribution in [2.24, 2.45) is 0 Å². The third-order valence-electron chi connectivity index (χ3n) is 1.94. The number of anilines is 1. The summed E-state index contributed by atoms with van der Waals surface area (Å²) >= 11 is 6.79. The van der Waals surface area contributed by atoms with Gasteiger partial charge in [-0.05, 0) is 6.42 Å². The smallest absolute Gasteiger partial charge is 0.349 e. The van der Waals surface area contributed by atoms with Crippen LogP contribution in [0.25, 0.3) is 0 Å². The number of halogens is 1. The summed E-state index contributed by atoms with van der Waals surface area (Å²) in [5.74, 6) is -1.04. The monoisotopic (exact) mass is 264 g/mol. The Hall–Kier alpha value is -0.850. The van der Waals surface area contributed by atoms with Crippen molar-refractivity contribution in [1.29, 1.82) is 0 Å². The van der Waals surface area contributed by atoms with Gasteiger partial charge in [0.25, 0.3) is 0 Å². The van der Waals surface area contributed by atoms with Crippen LogP contribution < -0.4 is 4.90 Å². The Morgan fingerprint density at radius 2 is 2.38 bits per heavy atom. The van der Waals surface area contributed by atoms with Gasteiger partial charge in [0.2, 0.25) is 0 Å². The van der Waals surface area contributed by atoms with Crippen LogP contribution in [0.5, 0.6) is 0 Å². The highest BCUT2D eigenvalue weighted by Gasteiger charge is 2.17. The summed E-state index contributed by atoms with van der Waals surface area (Å²) in [5.41, 5.74) is 0. The summed E-state index contributed by atoms with van der Waals surface area (Å²) in [6, 6.07) is 0. The number of hydrogen-bond acceptors (Lipinski definition) is 5. The Morgan fingerprint density at radius 3 is 2.88 bits per heavy atom. The zero-order valence-electron chi connectivity index (χ0n) is 9.07. The van der Waals surface area contributed by atoms with Gasteiger partial charge in [-0.2, -0.15) is 0 Å². The van der Waals surface area contributed by atoms with Gasteiger partial charge in [-0.1, -0.05) is 22.9 Å². The number of aromatic nitrogens is 1. The highest BCUT2D eigenvalue weighted by atomic mass is 35.5. The SMILES string of the molecule is COCCCN(C)c1nc(Cl)c(C(=O)O)s1. The minimum absolute atomic E-state index is 0.0473. The molecule has 0 saturated heterocycles. The number of aromatic carboxylic acids is 1. The molecule has 1 N–H and O–H groups in total. The fourth-order valence-electron chi connectivity index (χ4n) is 1.13. The Balaban J connectivity index is 2.65. The number of thiazole rings is 1. The van der Waals surface area contributed by atoms with Gasteiger partial charge in [0.05, 0.1) is 0 Å². The normalized spacial score (nSPS) is 10.4. The van der Waals surface area contributed by atoms with Crippen LogP contribution >= 0.6 is 22.9 Å². The summed E-state index contributed by atoms with van der Waals surface area (Å²) in [6.07, 6.45) is 0.854. The van der Waals surface area contributed by atoms with Crippen LogP contribution in [0.1, 0.15) is 16.1 Å². The molecule has 1 heterocycles. The molecule has 0 unspecified atom stereocenters. The van der Waals surface area contributed by atoms with Gasteiger partial charge in [0, 0.05) is 27.3 Å². The highest BCUT2D eigenvalue weighted by molar-refractivity contribution is 7.18. The largest absolute Gasteiger partial charge is 0.477 e. The second-order valence-corrected chi connectivity index (χ2v) is 4.52. The zero-order valence-corrected chi connectivity index (χ0v) is 10.6. The van der Waals surface area contributed by atoms with E-state index in [9.17, 15) is 4.79 Å². The highest BCUT2D eigenvalue weighted by Crippen LogP contribution is 2.28. The molecule has 7 heteroatoms. The van der Waals surface area contributed by atoms with E-state index in [1.165, 1.54) is 0 Å². The molecule has 1 rings (SSSR count). The maximum Gasteiger partial charge on any atom is 0.349 e. The molecule has 90 valence electrons. The van der Waals surface area contributed by atoms with Gasteiger partial charge >= 0.3 is 5.97 Å². The van der Waals surface area contributed by atoms with Crippen molar-refractivity contribution in [3.05, 3.63) is 10.0 Å². The quantitative estimate of drug-likeness (QED) is 0.796. The zero-order chi connectivity index (χ0) is 12.1. The molecule has 0 aliphatic heterocycles. The Morgan fingerprint density at radius 1 is 1.69 bits per heavy atom. The Kier molecular flexibility index (Phi) is 4.98. The van der Waals surface area contributed by atoms with Gasteiger partial charge in [-0.15, -0.1) is 0 Å². The second kappa shape index (κ2) is 6.03. The molecule has 0 saturated carbocycles. The van der Waals surface area contributed by atoms with Crippen LogP contribution in [0.2, 0.25) is 5.15 Å². The summed E-state index contributed by atoms with van der Waals surface area (Å²) in [6.45, 7) is 1.41. The number of hydrogen-bond donors (Lipinski definition) is 1. The lowest BCUT2D eigenvalue weighted by Crippen LogP contribution is -2.19. The Bertz CT molecular complexity index is 370. The lowest BCUT2D eigenvalue weighted by Gasteiger charge is -2.14. The molecule has 1 aromatic rings. The van der Waals surface area contributed by atoms with Crippen LogP contribution in [0.15, 0.2) is 0 Å². The molecule has 0 spiro atoms. The van der Waals surface area contributed by atoms with Crippen molar-refractivity contribution < 1.29 is 14.6 Å². The van der Waals surface area contributed by atoms with Crippen LogP contribution in [0.4, 0.5) is 5.13 Å². The van der Waals surface area contributed by atoms with E-state index in [1.54, 1.807) is 7.11 Å². The molecule has 0 aromatic carbocycles. The van der Waals surface area contributed by atoms with Crippen molar-refractivity contribution in [3.8, 4) is 0 Å². The second-order valence-electron chi connectivity index (χ2n) is 3.19. The van der Waals surface area contributed by atoms with Crippen LogP contribution in [-0.4, -0.2) is 43.4 Å². The maximum absolute atomic E-state index is 10.8. The molecule has 1 aromatic heterocycles. The van der Waals surface area contributed by atoms with E-state index in [2.05, 4.69) is 4.98 Å². The third kappa shape index (κ3) is 3.33. The lowest BCUT2D eigenvalue weighted by atomic mass is 10.4. The van der Waals surface area contributed by atoms with E-state index in [1.807, 2.05) is 11.9 Å². The van der Waals surface area contributed by atoms with E-state index in [4.69, 9.17) is 21.4 Å². The van der Waals surface area contributed by atoms with Gasteiger partial charge in [0.15, 0.2) is 15.2 Å². The van der Waals surface area contributed by atoms with Crippen LogP contribution in [0, 0.1) is 0 Å². The molecule has 0 fully saturated rings. The molecule has 0 amide bonds. The first-order chi connectivity index (χ1) is 7.56. The summed E-state index contributed by atoms with van der Waals surface area (Å²) < 4.78 is 4.93. The number of carboxylic acids is 1. The average molecular weight is 265 g/mol. The van der Waals surface area contributed by atoms with Gasteiger partial charge in [0.1, 0.15) is 0 Å². The third-order valence-corrected chi connectivity index (χ3v) is 3.48. The fraction of sp³-hybridized carbons (Fsp3) is 0.556. The standard InChI is InChI=1S/C9H13ClN2O3S/c1-12(4-3-5-15-2)9-11-7(10)6(16-9)8(13)14/h3-5H2,1-2H3,(H,13,14). The van der Waals surface area contributed by atoms with Gasteiger partial charge in [-0.25, -0.2) is 9.78 Å². The Labute approximate surface area is 103 Å². The predicted molar refractivity (Wildman–Crippen MR) is 63.8 cm³/mol. The van der Waals surface area contributed by atoms with E-state index in [0.717, 1.165) is 24.3 Å². The van der Waals surface area contributed by atoms with Crippen molar-refractivity contribution in [3.63, 3.8) is 0 Å². The van der Waals surface area contributed by atoms with Gasteiger partial charge in [-0.3, -0.25) is 0 Å². The summed E-state index contributed by atoms with van der Waals surface area (Å²) in [7, 11) is 3.49. The average Bonchev–Trinajstić information content (AvgIpc) is 2.60. The number of carboxylic acid groups (broad SMARTS) is 1. The molecule has 0 radical (unpaired) electrons. The van der Waals surface area contributed by atoms with Crippen molar-refractivity contribution in [2.75, 3.05) is 32.2 Å². The summed E-state index contributed by atoms with van der Waals surface area (Å²) in [5, 5.41) is 9.48. The summed E-state index contributed by atoms with van der Waals surface area (Å²) in [4.78, 5) is 16.7. The van der Waals surface area contributed by atoms with E-state index in [-0.39, 0.29) is 10.0 Å². The van der Waals surface area contributed by atoms with E-state index in [0.29, 0.717) is 11.7 Å². The number of rotatable bonds is 6. The number of methoxy groups -OCH3 is 1. The number of nitrogens with zero attached hydrogens (tertiary/aromatic N) is 2. The first kappa shape index (κ1) is 13.2. The molecule has 0 aliphatic rings. The number of ether oxygens (including phenoxy) is 1. The first-order valence-corrected chi connectivity index (χ1v) is 5.85. The molecule has 0 atom stereocenters. The molecule has 16 heavy (non-hydrogen) atoms. The number of carbonyl (C=O) groups is 1. The maximum atomic E-state index is 10.8. The predicted octanol–water partition coefficient (Wildman–Crippen LogP) is 1.97. The molecule has 0 bridgehead atoms. The minimum Gasteiger partial charge on any atom is -0.477 e. The van der Waals surface area contributed by atoms with E-state index < -0.39 is 5.97 Å². The molecule has 5 nitrogen and oxygen atoms in total. The van der Waals surface area contributed by atoms with Crippen molar-refractivity contribution in [1.82, 2.24) is 4.98 Å². The lowest BCUT2D eigenvalue weighted by molar-refractivity contribution is 0.0702. The van der Waals surface area contributed by atoms with Crippen LogP contribution in [0.3, 0.4) is 0 Å². The van der Waals surface area contributed by atoms with E-state index >= 15 is 0 Å². The van der Waals surface area contributed by atoms with Crippen LogP contribution in [-0.2, 0) is 4.74 Å². The minimum atomic E-state index is -1.04.